The molecule has 0 aliphatic heterocycles. The van der Waals surface area contributed by atoms with E-state index in [0.29, 0.717) is 6.04 Å². The average Bonchev–Trinajstić information content (AvgIpc) is 3.47. The minimum Gasteiger partial charge on any atom is -0.350 e. The molecule has 0 radical (unpaired) electrons. The lowest BCUT2D eigenvalue weighted by Gasteiger charge is -2.57. The molecule has 0 spiro atoms. The standard InChI is InChI=1S/C23H29N5OS/c1-14(21(29)25-23-11-15-8-16(12-23)10-17(9-15)13-23)30-22-27-26-20(28(22)19-2-3-19)18-4-6-24-7-5-18/h4-7,14-17,19H,2-3,8-13H2,1H3,(H,25,29)/t14-,15?,16?,17?,23?/m0/s1. The number of rotatable bonds is 6. The second-order valence-corrected chi connectivity index (χ2v) is 11.4. The van der Waals surface area contributed by atoms with Crippen LogP contribution in [-0.4, -0.2) is 36.4 Å². The molecule has 0 saturated heterocycles. The summed E-state index contributed by atoms with van der Waals surface area (Å²) in [7, 11) is 0. The molecule has 2 heterocycles. The quantitative estimate of drug-likeness (QED) is 0.704. The van der Waals surface area contributed by atoms with Gasteiger partial charge in [-0.05, 0) is 88.2 Å². The molecule has 4 bridgehead atoms. The van der Waals surface area contributed by atoms with Crippen molar-refractivity contribution in [3.05, 3.63) is 24.5 Å². The Morgan fingerprint density at radius 3 is 2.33 bits per heavy atom. The maximum Gasteiger partial charge on any atom is 0.233 e. The topological polar surface area (TPSA) is 72.7 Å². The summed E-state index contributed by atoms with van der Waals surface area (Å²) >= 11 is 1.55. The number of pyridine rings is 1. The third-order valence-electron chi connectivity index (χ3n) is 7.59. The molecule has 158 valence electrons. The van der Waals surface area contributed by atoms with Gasteiger partial charge in [0.1, 0.15) is 0 Å². The Balaban J connectivity index is 1.19. The van der Waals surface area contributed by atoms with Crippen LogP contribution in [0.5, 0.6) is 0 Å². The number of hydrogen-bond donors (Lipinski definition) is 1. The molecule has 0 aromatic carbocycles. The van der Waals surface area contributed by atoms with E-state index < -0.39 is 0 Å². The minimum absolute atomic E-state index is 0.0625. The van der Waals surface area contributed by atoms with E-state index in [1.165, 1.54) is 38.5 Å². The number of carbonyl (C=O) groups is 1. The molecule has 7 rings (SSSR count). The third-order valence-corrected chi connectivity index (χ3v) is 8.65. The van der Waals surface area contributed by atoms with Crippen LogP contribution >= 0.6 is 11.8 Å². The Morgan fingerprint density at radius 2 is 1.73 bits per heavy atom. The number of hydrogen-bond acceptors (Lipinski definition) is 5. The van der Waals surface area contributed by atoms with Gasteiger partial charge >= 0.3 is 0 Å². The lowest BCUT2D eigenvalue weighted by atomic mass is 9.53. The van der Waals surface area contributed by atoms with Crippen LogP contribution in [0.15, 0.2) is 29.7 Å². The summed E-state index contributed by atoms with van der Waals surface area (Å²) in [4.78, 5) is 17.3. The van der Waals surface area contributed by atoms with Crippen molar-refractivity contribution in [1.82, 2.24) is 25.1 Å². The van der Waals surface area contributed by atoms with E-state index in [4.69, 9.17) is 0 Å². The lowest BCUT2D eigenvalue weighted by molar-refractivity contribution is -0.126. The fourth-order valence-electron chi connectivity index (χ4n) is 6.56. The SMILES string of the molecule is C[C@H](Sc1nnc(-c2ccncc2)n1C1CC1)C(=O)NC12CC3CC(CC(C3)C1)C2. The summed E-state index contributed by atoms with van der Waals surface area (Å²) in [6.07, 6.45) is 13.6. The normalized spacial score (nSPS) is 32.9. The summed E-state index contributed by atoms with van der Waals surface area (Å²) in [6.45, 7) is 2.01. The first-order chi connectivity index (χ1) is 14.6. The van der Waals surface area contributed by atoms with Crippen molar-refractivity contribution in [3.63, 3.8) is 0 Å². The zero-order chi connectivity index (χ0) is 20.3. The third kappa shape index (κ3) is 3.35. The fraction of sp³-hybridized carbons (Fsp3) is 0.652. The van der Waals surface area contributed by atoms with Crippen molar-refractivity contribution in [2.24, 2.45) is 17.8 Å². The highest BCUT2D eigenvalue weighted by Crippen LogP contribution is 2.55. The Labute approximate surface area is 181 Å². The van der Waals surface area contributed by atoms with Crippen molar-refractivity contribution < 1.29 is 4.79 Å². The molecule has 2 aromatic heterocycles. The van der Waals surface area contributed by atoms with Gasteiger partial charge in [0.25, 0.3) is 0 Å². The van der Waals surface area contributed by atoms with Crippen molar-refractivity contribution in [2.75, 3.05) is 0 Å². The molecule has 2 aromatic rings. The Hall–Kier alpha value is -1.89. The molecule has 5 saturated carbocycles. The van der Waals surface area contributed by atoms with Crippen molar-refractivity contribution in [1.29, 1.82) is 0 Å². The lowest BCUT2D eigenvalue weighted by Crippen LogP contribution is -2.60. The fourth-order valence-corrected chi connectivity index (χ4v) is 7.47. The second kappa shape index (κ2) is 7.08. The molecular weight excluding hydrogens is 394 g/mol. The van der Waals surface area contributed by atoms with E-state index in [1.807, 2.05) is 19.1 Å². The Bertz CT molecular complexity index is 918. The van der Waals surface area contributed by atoms with Gasteiger partial charge in [0.15, 0.2) is 11.0 Å². The number of nitrogens with zero attached hydrogens (tertiary/aromatic N) is 4. The summed E-state index contributed by atoms with van der Waals surface area (Å²) in [5, 5.41) is 13.2. The Kier molecular flexibility index (Phi) is 4.44. The van der Waals surface area contributed by atoms with Crippen molar-refractivity contribution >= 4 is 17.7 Å². The van der Waals surface area contributed by atoms with E-state index in [9.17, 15) is 4.79 Å². The highest BCUT2D eigenvalue weighted by molar-refractivity contribution is 8.00. The molecule has 5 aliphatic carbocycles. The highest BCUT2D eigenvalue weighted by Gasteiger charge is 2.51. The maximum atomic E-state index is 13.2. The molecule has 6 nitrogen and oxygen atoms in total. The van der Waals surface area contributed by atoms with Gasteiger partial charge in [-0.3, -0.25) is 14.3 Å². The zero-order valence-electron chi connectivity index (χ0n) is 17.5. The molecule has 5 fully saturated rings. The largest absolute Gasteiger partial charge is 0.350 e. The van der Waals surface area contributed by atoms with Crippen LogP contribution in [0.3, 0.4) is 0 Å². The molecule has 1 N–H and O–H groups in total. The van der Waals surface area contributed by atoms with E-state index in [1.54, 1.807) is 24.2 Å². The van der Waals surface area contributed by atoms with Crippen LogP contribution < -0.4 is 5.32 Å². The van der Waals surface area contributed by atoms with Gasteiger partial charge in [0.05, 0.1) is 5.25 Å². The smallest absolute Gasteiger partial charge is 0.233 e. The molecule has 5 aliphatic rings. The molecule has 1 atom stereocenters. The Morgan fingerprint density at radius 1 is 1.10 bits per heavy atom. The molecule has 30 heavy (non-hydrogen) atoms. The molecule has 0 unspecified atom stereocenters. The van der Waals surface area contributed by atoms with E-state index >= 15 is 0 Å². The van der Waals surface area contributed by atoms with Crippen LogP contribution in [-0.2, 0) is 4.79 Å². The number of aromatic nitrogens is 4. The van der Waals surface area contributed by atoms with Gasteiger partial charge in [-0.15, -0.1) is 10.2 Å². The monoisotopic (exact) mass is 423 g/mol. The maximum absolute atomic E-state index is 13.2. The minimum atomic E-state index is -0.176. The van der Waals surface area contributed by atoms with Crippen LogP contribution in [0.25, 0.3) is 11.4 Å². The van der Waals surface area contributed by atoms with Crippen molar-refractivity contribution in [3.8, 4) is 11.4 Å². The van der Waals surface area contributed by atoms with Crippen LogP contribution in [0, 0.1) is 17.8 Å². The van der Waals surface area contributed by atoms with Gasteiger partial charge in [-0.2, -0.15) is 0 Å². The average molecular weight is 424 g/mol. The van der Waals surface area contributed by atoms with E-state index in [0.717, 1.165) is 47.1 Å². The summed E-state index contributed by atoms with van der Waals surface area (Å²) < 4.78 is 2.23. The first-order valence-corrected chi connectivity index (χ1v) is 12.3. The van der Waals surface area contributed by atoms with E-state index in [2.05, 4.69) is 25.1 Å². The van der Waals surface area contributed by atoms with Gasteiger partial charge < -0.3 is 5.32 Å². The number of nitrogens with one attached hydrogen (secondary N) is 1. The highest BCUT2D eigenvalue weighted by atomic mass is 32.2. The summed E-state index contributed by atoms with van der Waals surface area (Å²) in [5.74, 6) is 3.55. The van der Waals surface area contributed by atoms with Crippen LogP contribution in [0.1, 0.15) is 64.3 Å². The van der Waals surface area contributed by atoms with Gasteiger partial charge in [-0.1, -0.05) is 11.8 Å². The molecule has 7 heteroatoms. The molecule has 1 amide bonds. The number of carbonyl (C=O) groups excluding carboxylic acids is 1. The zero-order valence-corrected chi connectivity index (χ0v) is 18.3. The van der Waals surface area contributed by atoms with E-state index in [-0.39, 0.29) is 16.7 Å². The number of thioether (sulfide) groups is 1. The first kappa shape index (κ1) is 18.8. The number of amides is 1. The van der Waals surface area contributed by atoms with Crippen LogP contribution in [0.4, 0.5) is 0 Å². The van der Waals surface area contributed by atoms with Gasteiger partial charge in [0.2, 0.25) is 5.91 Å². The van der Waals surface area contributed by atoms with Crippen molar-refractivity contribution in [2.45, 2.75) is 80.3 Å². The van der Waals surface area contributed by atoms with Crippen LogP contribution in [0.2, 0.25) is 0 Å². The summed E-state index contributed by atoms with van der Waals surface area (Å²) in [5.41, 5.74) is 1.09. The van der Waals surface area contributed by atoms with Gasteiger partial charge in [-0.25, -0.2) is 0 Å². The summed E-state index contributed by atoms with van der Waals surface area (Å²) in [6, 6.07) is 4.39. The molecular formula is C23H29N5OS. The first-order valence-electron chi connectivity index (χ1n) is 11.4. The van der Waals surface area contributed by atoms with Gasteiger partial charge in [0, 0.05) is 29.5 Å². The predicted octanol–water partition coefficient (Wildman–Crippen LogP) is 4.24. The second-order valence-electron chi connectivity index (χ2n) is 10.1. The predicted molar refractivity (Wildman–Crippen MR) is 116 cm³/mol.